The highest BCUT2D eigenvalue weighted by Gasteiger charge is 2.47. The van der Waals surface area contributed by atoms with Gasteiger partial charge in [0, 0.05) is 24.0 Å². The summed E-state index contributed by atoms with van der Waals surface area (Å²) >= 11 is 0. The number of amides is 2. The van der Waals surface area contributed by atoms with Crippen LogP contribution in [-0.4, -0.2) is 60.1 Å². The van der Waals surface area contributed by atoms with Gasteiger partial charge in [0.15, 0.2) is 22.8 Å². The van der Waals surface area contributed by atoms with Gasteiger partial charge in [-0.2, -0.15) is 0 Å². The summed E-state index contributed by atoms with van der Waals surface area (Å²) < 4.78 is 32.8. The molecule has 7 nitrogen and oxygen atoms in total. The molecule has 2 aliphatic heterocycles. The van der Waals surface area contributed by atoms with Crippen molar-refractivity contribution in [2.24, 2.45) is 0 Å². The lowest BCUT2D eigenvalue weighted by Crippen LogP contribution is -2.62. The second-order valence-electron chi connectivity index (χ2n) is 11.1. The second kappa shape index (κ2) is 12.0. The van der Waals surface area contributed by atoms with Crippen molar-refractivity contribution in [3.05, 3.63) is 101 Å². The number of benzene rings is 3. The number of aryl methyl sites for hydroxylation is 2. The highest BCUT2D eigenvalue weighted by molar-refractivity contribution is 5.99. The predicted molar refractivity (Wildman–Crippen MR) is 157 cm³/mol. The number of para-hydroxylation sites is 2. The van der Waals surface area contributed by atoms with Crippen LogP contribution in [0.15, 0.2) is 77.2 Å². The van der Waals surface area contributed by atoms with Crippen molar-refractivity contribution in [3.8, 4) is 5.75 Å². The third kappa shape index (κ3) is 5.51. The molecule has 1 aromatic heterocycles. The highest BCUT2D eigenvalue weighted by Crippen LogP contribution is 2.33. The molecular formula is C34H35FN2O5. The van der Waals surface area contributed by atoms with Gasteiger partial charge in [-0.05, 0) is 55.9 Å². The molecule has 2 aliphatic rings. The van der Waals surface area contributed by atoms with E-state index in [1.165, 1.54) is 6.07 Å². The van der Waals surface area contributed by atoms with Crippen molar-refractivity contribution >= 4 is 22.8 Å². The second-order valence-corrected chi connectivity index (χ2v) is 11.1. The summed E-state index contributed by atoms with van der Waals surface area (Å²) in [6.45, 7) is 3.46. The number of fused-ring (bicyclic) bond motifs is 2. The van der Waals surface area contributed by atoms with Crippen LogP contribution < -0.4 is 4.74 Å². The lowest BCUT2D eigenvalue weighted by molar-refractivity contribution is -0.171. The number of ether oxygens (including phenoxy) is 2. The van der Waals surface area contributed by atoms with Gasteiger partial charge in [0.1, 0.15) is 12.4 Å². The number of furan rings is 1. The summed E-state index contributed by atoms with van der Waals surface area (Å²) in [4.78, 5) is 31.7. The Bertz CT molecular complexity index is 1590. The molecular weight excluding hydrogens is 535 g/mol. The Morgan fingerprint density at radius 1 is 0.952 bits per heavy atom. The zero-order valence-electron chi connectivity index (χ0n) is 23.8. The molecule has 1 saturated heterocycles. The Morgan fingerprint density at radius 2 is 1.76 bits per heavy atom. The van der Waals surface area contributed by atoms with E-state index in [4.69, 9.17) is 13.9 Å². The number of nitrogens with zero attached hydrogens (tertiary/aromatic N) is 2. The average Bonchev–Trinajstić information content (AvgIpc) is 3.36. The largest absolute Gasteiger partial charge is 0.491 e. The van der Waals surface area contributed by atoms with Crippen LogP contribution in [0.4, 0.5) is 4.39 Å². The molecule has 1 atom stereocenters. The van der Waals surface area contributed by atoms with Gasteiger partial charge in [-0.1, -0.05) is 60.7 Å². The van der Waals surface area contributed by atoms with E-state index in [2.05, 4.69) is 6.07 Å². The van der Waals surface area contributed by atoms with Gasteiger partial charge in [0.25, 0.3) is 11.8 Å². The minimum absolute atomic E-state index is 0.0673. The van der Waals surface area contributed by atoms with Crippen molar-refractivity contribution in [1.82, 2.24) is 9.80 Å². The quantitative estimate of drug-likeness (QED) is 0.306. The topological polar surface area (TPSA) is 72.2 Å². The van der Waals surface area contributed by atoms with Gasteiger partial charge in [0.05, 0.1) is 19.7 Å². The smallest absolute Gasteiger partial charge is 0.290 e. The van der Waals surface area contributed by atoms with E-state index < -0.39 is 11.4 Å². The molecule has 4 aromatic rings. The van der Waals surface area contributed by atoms with Crippen LogP contribution in [0.1, 0.15) is 46.5 Å². The highest BCUT2D eigenvalue weighted by atomic mass is 19.1. The molecule has 1 fully saturated rings. The first-order chi connectivity index (χ1) is 20.4. The van der Waals surface area contributed by atoms with Crippen LogP contribution in [0, 0.1) is 12.7 Å². The molecule has 3 aromatic carbocycles. The Morgan fingerprint density at radius 3 is 2.60 bits per heavy atom. The minimum atomic E-state index is -1.22. The first-order valence-electron chi connectivity index (χ1n) is 14.6. The Hall–Kier alpha value is -4.17. The first-order valence-corrected chi connectivity index (χ1v) is 14.6. The standard InChI is InChI=1S/C34H35FN2O5/c1-24-27-14-9-15-28(35)31(27)42-30(24)32(38)37-19-21-41-34(23-37)17-8-7-13-26-12-5-6-16-29(26)40-20-18-36(33(34)39)22-25-10-3-2-4-11-25/h2-6,9-12,14-16H,7-8,13,17-23H2,1H3. The molecule has 0 bridgehead atoms. The van der Waals surface area contributed by atoms with E-state index in [-0.39, 0.29) is 36.3 Å². The van der Waals surface area contributed by atoms with Crippen LogP contribution in [0.3, 0.4) is 0 Å². The lowest BCUT2D eigenvalue weighted by Gasteiger charge is -2.44. The molecule has 1 unspecified atom stereocenters. The minimum Gasteiger partial charge on any atom is -0.491 e. The SMILES string of the molecule is Cc1c(C(=O)N2CCOC3(CCCCc4ccccc4OCCN(Cc4ccccc4)C3=O)C2)oc2c(F)cccc12. The van der Waals surface area contributed by atoms with Crippen molar-refractivity contribution in [2.75, 3.05) is 32.8 Å². The van der Waals surface area contributed by atoms with Gasteiger partial charge in [0.2, 0.25) is 0 Å². The molecule has 3 heterocycles. The van der Waals surface area contributed by atoms with E-state index >= 15 is 0 Å². The van der Waals surface area contributed by atoms with E-state index in [1.807, 2.05) is 48.5 Å². The van der Waals surface area contributed by atoms with Crippen LogP contribution in [0.2, 0.25) is 0 Å². The zero-order chi connectivity index (χ0) is 29.1. The van der Waals surface area contributed by atoms with Crippen molar-refractivity contribution in [1.29, 1.82) is 0 Å². The first kappa shape index (κ1) is 28.0. The van der Waals surface area contributed by atoms with Crippen molar-refractivity contribution < 1.29 is 27.9 Å². The summed E-state index contributed by atoms with van der Waals surface area (Å²) in [5, 5.41) is 0.567. The van der Waals surface area contributed by atoms with Gasteiger partial charge < -0.3 is 23.7 Å². The summed E-state index contributed by atoms with van der Waals surface area (Å²) in [5.74, 6) is -0.0877. The molecule has 0 saturated carbocycles. The van der Waals surface area contributed by atoms with Gasteiger partial charge >= 0.3 is 0 Å². The van der Waals surface area contributed by atoms with Crippen molar-refractivity contribution in [3.63, 3.8) is 0 Å². The maximum atomic E-state index is 14.5. The van der Waals surface area contributed by atoms with E-state index in [0.717, 1.165) is 36.1 Å². The summed E-state index contributed by atoms with van der Waals surface area (Å²) in [6, 6.07) is 22.5. The molecule has 8 heteroatoms. The van der Waals surface area contributed by atoms with E-state index in [1.54, 1.807) is 28.9 Å². The van der Waals surface area contributed by atoms with Gasteiger partial charge in [-0.25, -0.2) is 4.39 Å². The molecule has 6 rings (SSSR count). The predicted octanol–water partition coefficient (Wildman–Crippen LogP) is 5.93. The Labute approximate surface area is 244 Å². The van der Waals surface area contributed by atoms with Crippen LogP contribution in [0.5, 0.6) is 5.75 Å². The van der Waals surface area contributed by atoms with E-state index in [9.17, 15) is 14.0 Å². The molecule has 0 radical (unpaired) electrons. The third-order valence-electron chi connectivity index (χ3n) is 8.34. The molecule has 42 heavy (non-hydrogen) atoms. The maximum absolute atomic E-state index is 14.5. The third-order valence-corrected chi connectivity index (χ3v) is 8.34. The Balaban J connectivity index is 1.31. The molecule has 218 valence electrons. The van der Waals surface area contributed by atoms with Crippen LogP contribution in [-0.2, 0) is 22.5 Å². The summed E-state index contributed by atoms with van der Waals surface area (Å²) in [7, 11) is 0. The number of carbonyl (C=O) groups excluding carboxylic acids is 2. The lowest BCUT2D eigenvalue weighted by atomic mass is 9.90. The Kier molecular flexibility index (Phi) is 7.98. The monoisotopic (exact) mass is 570 g/mol. The number of hydrogen-bond donors (Lipinski definition) is 0. The fourth-order valence-corrected chi connectivity index (χ4v) is 6.09. The summed E-state index contributed by atoms with van der Waals surface area (Å²) in [5.41, 5.74) is 1.57. The van der Waals surface area contributed by atoms with E-state index in [0.29, 0.717) is 43.6 Å². The average molecular weight is 571 g/mol. The maximum Gasteiger partial charge on any atom is 0.290 e. The number of hydrogen-bond acceptors (Lipinski definition) is 5. The van der Waals surface area contributed by atoms with Gasteiger partial charge in [-0.15, -0.1) is 0 Å². The fourth-order valence-electron chi connectivity index (χ4n) is 6.09. The molecule has 2 amide bonds. The van der Waals surface area contributed by atoms with Crippen molar-refractivity contribution in [2.45, 2.75) is 44.8 Å². The normalized spacial score (nSPS) is 20.1. The number of halogens is 1. The number of carbonyl (C=O) groups is 2. The summed E-state index contributed by atoms with van der Waals surface area (Å²) in [6.07, 6.45) is 2.86. The zero-order valence-corrected chi connectivity index (χ0v) is 23.8. The number of morpholine rings is 1. The molecule has 0 N–H and O–H groups in total. The molecule has 0 aliphatic carbocycles. The molecule has 1 spiro atoms. The number of rotatable bonds is 3. The van der Waals surface area contributed by atoms with Crippen LogP contribution in [0.25, 0.3) is 11.0 Å². The van der Waals surface area contributed by atoms with Gasteiger partial charge in [-0.3, -0.25) is 9.59 Å². The fraction of sp³-hybridized carbons (Fsp3) is 0.353. The van der Waals surface area contributed by atoms with Crippen LogP contribution >= 0.6 is 0 Å².